The molecule has 0 N–H and O–H groups in total. The molecule has 1 aliphatic heterocycles. The lowest BCUT2D eigenvalue weighted by molar-refractivity contribution is -0.172. The lowest BCUT2D eigenvalue weighted by Crippen LogP contribution is -2.55. The summed E-state index contributed by atoms with van der Waals surface area (Å²) in [4.78, 5) is 24.0. The number of rotatable bonds is 3. The van der Waals surface area contributed by atoms with Crippen LogP contribution in [0.15, 0.2) is 28.7 Å². The number of hydrogen-bond donors (Lipinski definition) is 0. The molecule has 0 aliphatic carbocycles. The van der Waals surface area contributed by atoms with Crippen LogP contribution in [0.3, 0.4) is 0 Å². The van der Waals surface area contributed by atoms with Gasteiger partial charge in [-0.15, -0.1) is 0 Å². The SMILES string of the molecule is COC(=O)C1(C(=O)c2cccc(Br)c2)COC1. The Morgan fingerprint density at radius 2 is 2.12 bits per heavy atom. The monoisotopic (exact) mass is 298 g/mol. The Kier molecular flexibility index (Phi) is 3.31. The van der Waals surface area contributed by atoms with Gasteiger partial charge in [0.2, 0.25) is 0 Å². The minimum absolute atomic E-state index is 0.0883. The van der Waals surface area contributed by atoms with E-state index in [-0.39, 0.29) is 19.0 Å². The molecule has 4 nitrogen and oxygen atoms in total. The van der Waals surface area contributed by atoms with Gasteiger partial charge in [0.25, 0.3) is 0 Å². The smallest absolute Gasteiger partial charge is 0.324 e. The molecule has 0 aromatic heterocycles. The Hall–Kier alpha value is -1.20. The molecule has 0 saturated carbocycles. The van der Waals surface area contributed by atoms with Gasteiger partial charge in [-0.1, -0.05) is 28.1 Å². The van der Waals surface area contributed by atoms with E-state index in [1.165, 1.54) is 7.11 Å². The summed E-state index contributed by atoms with van der Waals surface area (Å²) >= 11 is 3.29. The van der Waals surface area contributed by atoms with E-state index in [0.29, 0.717) is 5.56 Å². The standard InChI is InChI=1S/C12H11BrO4/c1-16-11(15)12(6-17-7-12)10(14)8-3-2-4-9(13)5-8/h2-5H,6-7H2,1H3. The van der Waals surface area contributed by atoms with Crippen molar-refractivity contribution in [3.8, 4) is 0 Å². The van der Waals surface area contributed by atoms with Crippen LogP contribution in [-0.2, 0) is 14.3 Å². The molecule has 1 aliphatic rings. The Bertz CT molecular complexity index is 465. The van der Waals surface area contributed by atoms with Crippen LogP contribution in [0, 0.1) is 5.41 Å². The fourth-order valence-corrected chi connectivity index (χ4v) is 2.15. The van der Waals surface area contributed by atoms with Crippen molar-refractivity contribution in [1.82, 2.24) is 0 Å². The van der Waals surface area contributed by atoms with Gasteiger partial charge in [0.15, 0.2) is 11.2 Å². The number of esters is 1. The number of benzene rings is 1. The second kappa shape index (κ2) is 4.58. The second-order valence-electron chi connectivity index (χ2n) is 3.91. The van der Waals surface area contributed by atoms with Crippen LogP contribution in [0.25, 0.3) is 0 Å². The number of carbonyl (C=O) groups excluding carboxylic acids is 2. The predicted octanol–water partition coefficient (Wildman–Crippen LogP) is 1.82. The van der Waals surface area contributed by atoms with E-state index in [1.54, 1.807) is 18.2 Å². The van der Waals surface area contributed by atoms with Gasteiger partial charge in [0.1, 0.15) is 0 Å². The van der Waals surface area contributed by atoms with Gasteiger partial charge in [-0.2, -0.15) is 0 Å². The molecular formula is C12H11BrO4. The summed E-state index contributed by atoms with van der Waals surface area (Å²) in [7, 11) is 1.27. The molecule has 0 spiro atoms. The minimum atomic E-state index is -1.16. The van der Waals surface area contributed by atoms with Gasteiger partial charge >= 0.3 is 5.97 Å². The minimum Gasteiger partial charge on any atom is -0.468 e. The Morgan fingerprint density at radius 3 is 2.59 bits per heavy atom. The average molecular weight is 299 g/mol. The Labute approximate surface area is 107 Å². The lowest BCUT2D eigenvalue weighted by atomic mass is 9.78. The molecule has 1 aromatic carbocycles. The van der Waals surface area contributed by atoms with Crippen molar-refractivity contribution >= 4 is 27.7 Å². The molecule has 0 unspecified atom stereocenters. The van der Waals surface area contributed by atoms with E-state index in [4.69, 9.17) is 4.74 Å². The number of halogens is 1. The van der Waals surface area contributed by atoms with Crippen LogP contribution in [0.1, 0.15) is 10.4 Å². The number of Topliss-reactive ketones (excluding diaryl/α,β-unsaturated/α-hetero) is 1. The number of methoxy groups -OCH3 is 1. The van der Waals surface area contributed by atoms with E-state index >= 15 is 0 Å². The normalized spacial score (nSPS) is 17.1. The zero-order valence-corrected chi connectivity index (χ0v) is 10.8. The summed E-state index contributed by atoms with van der Waals surface area (Å²) in [6.45, 7) is 0.177. The van der Waals surface area contributed by atoms with E-state index in [9.17, 15) is 9.59 Å². The van der Waals surface area contributed by atoms with Gasteiger partial charge < -0.3 is 9.47 Å². The summed E-state index contributed by atoms with van der Waals surface area (Å²) in [6, 6.07) is 6.93. The van der Waals surface area contributed by atoms with Crippen LogP contribution < -0.4 is 0 Å². The summed E-state index contributed by atoms with van der Waals surface area (Å²) in [5.74, 6) is -0.786. The molecule has 5 heteroatoms. The first kappa shape index (κ1) is 12.3. The van der Waals surface area contributed by atoms with Gasteiger partial charge in [0, 0.05) is 10.0 Å². The highest BCUT2D eigenvalue weighted by Gasteiger charge is 2.53. The number of ether oxygens (including phenoxy) is 2. The zero-order valence-electron chi connectivity index (χ0n) is 9.23. The van der Waals surface area contributed by atoms with E-state index in [2.05, 4.69) is 20.7 Å². The van der Waals surface area contributed by atoms with Crippen molar-refractivity contribution in [3.63, 3.8) is 0 Å². The molecule has 1 heterocycles. The number of hydrogen-bond acceptors (Lipinski definition) is 4. The lowest BCUT2D eigenvalue weighted by Gasteiger charge is -2.36. The molecule has 1 saturated heterocycles. The molecule has 1 fully saturated rings. The molecule has 2 rings (SSSR count). The predicted molar refractivity (Wildman–Crippen MR) is 63.7 cm³/mol. The van der Waals surface area contributed by atoms with Crippen molar-refractivity contribution in [2.24, 2.45) is 5.41 Å². The molecule has 0 atom stereocenters. The van der Waals surface area contributed by atoms with Crippen LogP contribution in [0.2, 0.25) is 0 Å². The number of ketones is 1. The third-order valence-corrected chi connectivity index (χ3v) is 3.29. The van der Waals surface area contributed by atoms with Crippen LogP contribution in [-0.4, -0.2) is 32.1 Å². The highest BCUT2D eigenvalue weighted by molar-refractivity contribution is 9.10. The summed E-state index contributed by atoms with van der Waals surface area (Å²) < 4.78 is 10.5. The quantitative estimate of drug-likeness (QED) is 0.485. The topological polar surface area (TPSA) is 52.6 Å². The maximum absolute atomic E-state index is 12.3. The van der Waals surface area contributed by atoms with Crippen molar-refractivity contribution in [2.45, 2.75) is 0 Å². The maximum Gasteiger partial charge on any atom is 0.324 e. The zero-order chi connectivity index (χ0) is 12.5. The molecule has 1 aromatic rings. The van der Waals surface area contributed by atoms with Gasteiger partial charge in [-0.3, -0.25) is 9.59 Å². The van der Waals surface area contributed by atoms with Crippen molar-refractivity contribution in [3.05, 3.63) is 34.3 Å². The summed E-state index contributed by atoms with van der Waals surface area (Å²) in [5, 5.41) is 0. The molecule has 0 radical (unpaired) electrons. The van der Waals surface area contributed by atoms with E-state index < -0.39 is 11.4 Å². The van der Waals surface area contributed by atoms with E-state index in [0.717, 1.165) is 4.47 Å². The third kappa shape index (κ3) is 2.00. The summed E-state index contributed by atoms with van der Waals surface area (Å²) in [5.41, 5.74) is -0.677. The van der Waals surface area contributed by atoms with Crippen molar-refractivity contribution < 1.29 is 19.1 Å². The second-order valence-corrected chi connectivity index (χ2v) is 4.82. The van der Waals surface area contributed by atoms with Gasteiger partial charge in [0.05, 0.1) is 20.3 Å². The Morgan fingerprint density at radius 1 is 1.41 bits per heavy atom. The van der Waals surface area contributed by atoms with Crippen molar-refractivity contribution in [1.29, 1.82) is 0 Å². The van der Waals surface area contributed by atoms with Gasteiger partial charge in [-0.05, 0) is 12.1 Å². The molecule has 0 amide bonds. The highest BCUT2D eigenvalue weighted by Crippen LogP contribution is 2.33. The molecular weight excluding hydrogens is 288 g/mol. The van der Waals surface area contributed by atoms with Crippen LogP contribution >= 0.6 is 15.9 Å². The first-order valence-electron chi connectivity index (χ1n) is 5.07. The average Bonchev–Trinajstić information content (AvgIpc) is 2.27. The van der Waals surface area contributed by atoms with Crippen LogP contribution in [0.5, 0.6) is 0 Å². The first-order chi connectivity index (χ1) is 8.10. The van der Waals surface area contributed by atoms with Gasteiger partial charge in [-0.25, -0.2) is 0 Å². The maximum atomic E-state index is 12.3. The fourth-order valence-electron chi connectivity index (χ4n) is 1.75. The molecule has 17 heavy (non-hydrogen) atoms. The Balaban J connectivity index is 2.33. The number of carbonyl (C=O) groups is 2. The van der Waals surface area contributed by atoms with Crippen LogP contribution in [0.4, 0.5) is 0 Å². The molecule has 0 bridgehead atoms. The summed E-state index contributed by atoms with van der Waals surface area (Å²) in [6.07, 6.45) is 0. The molecule has 90 valence electrons. The highest BCUT2D eigenvalue weighted by atomic mass is 79.9. The first-order valence-corrected chi connectivity index (χ1v) is 5.86. The van der Waals surface area contributed by atoms with E-state index in [1.807, 2.05) is 6.07 Å². The fraction of sp³-hybridized carbons (Fsp3) is 0.333. The third-order valence-electron chi connectivity index (χ3n) is 2.79. The van der Waals surface area contributed by atoms with Crippen molar-refractivity contribution in [2.75, 3.05) is 20.3 Å². The largest absolute Gasteiger partial charge is 0.468 e.